The molecule has 12 heteroatoms. The van der Waals surface area contributed by atoms with Gasteiger partial charge in [-0.1, -0.05) is 23.7 Å². The van der Waals surface area contributed by atoms with E-state index in [2.05, 4.69) is 4.98 Å². The lowest BCUT2D eigenvalue weighted by Crippen LogP contribution is -2.46. The zero-order valence-electron chi connectivity index (χ0n) is 22.0. The molecule has 208 valence electrons. The molecule has 4 rings (SSSR count). The third-order valence-corrected chi connectivity index (χ3v) is 7.01. The molecule has 1 aliphatic heterocycles. The molecule has 1 fully saturated rings. The average Bonchev–Trinajstić information content (AvgIpc) is 3.29. The lowest BCUT2D eigenvalue weighted by atomic mass is 10.1. The van der Waals surface area contributed by atoms with Crippen molar-refractivity contribution in [3.8, 4) is 6.07 Å². The third-order valence-electron chi connectivity index (χ3n) is 6.71. The number of anilines is 4. The maximum atomic E-state index is 13.8. The van der Waals surface area contributed by atoms with Gasteiger partial charge in [-0.3, -0.25) is 14.5 Å². The Hall–Kier alpha value is -4.30. The lowest BCUT2D eigenvalue weighted by molar-refractivity contribution is -0.137. The smallest absolute Gasteiger partial charge is 0.398 e. The Balaban J connectivity index is 1.66. The van der Waals surface area contributed by atoms with E-state index in [1.165, 1.54) is 18.9 Å². The number of benzene rings is 2. The molecule has 0 radical (unpaired) electrons. The van der Waals surface area contributed by atoms with Gasteiger partial charge < -0.3 is 15.5 Å². The van der Waals surface area contributed by atoms with Crippen molar-refractivity contribution in [3.63, 3.8) is 0 Å². The normalized spacial score (nSPS) is 15.2. The maximum Gasteiger partial charge on any atom is 0.416 e. The van der Waals surface area contributed by atoms with E-state index >= 15 is 0 Å². The first kappa shape index (κ1) is 28.7. The van der Waals surface area contributed by atoms with Crippen LogP contribution in [0.1, 0.15) is 35.2 Å². The van der Waals surface area contributed by atoms with E-state index in [1.807, 2.05) is 11.0 Å². The van der Waals surface area contributed by atoms with E-state index in [9.17, 15) is 28.0 Å². The number of carbonyl (C=O) groups excluding carboxylic acids is 2. The number of nitrogen functional groups attached to an aromatic ring is 1. The number of carbonyl (C=O) groups is 2. The molecule has 40 heavy (non-hydrogen) atoms. The van der Waals surface area contributed by atoms with Crippen molar-refractivity contribution in [2.24, 2.45) is 0 Å². The van der Waals surface area contributed by atoms with Gasteiger partial charge >= 0.3 is 6.18 Å². The minimum atomic E-state index is -4.64. The Morgan fingerprint density at radius 2 is 1.95 bits per heavy atom. The van der Waals surface area contributed by atoms with Crippen LogP contribution in [0, 0.1) is 18.3 Å². The molecule has 2 heterocycles. The topological polar surface area (TPSA) is 107 Å². The number of aromatic nitrogens is 1. The summed E-state index contributed by atoms with van der Waals surface area (Å²) < 4.78 is 40.4. The highest BCUT2D eigenvalue weighted by atomic mass is 35.5. The van der Waals surface area contributed by atoms with Crippen molar-refractivity contribution >= 4 is 46.3 Å². The van der Waals surface area contributed by atoms with Gasteiger partial charge in [0.1, 0.15) is 17.9 Å². The van der Waals surface area contributed by atoms with Gasteiger partial charge in [-0.15, -0.1) is 0 Å². The van der Waals surface area contributed by atoms with E-state index in [0.29, 0.717) is 34.2 Å². The van der Waals surface area contributed by atoms with Crippen LogP contribution in [0.15, 0.2) is 48.5 Å². The van der Waals surface area contributed by atoms with E-state index in [0.717, 1.165) is 22.6 Å². The van der Waals surface area contributed by atoms with E-state index in [-0.39, 0.29) is 24.4 Å². The first-order valence-electron chi connectivity index (χ1n) is 12.3. The molecule has 1 aliphatic rings. The zero-order chi connectivity index (χ0) is 29.4. The van der Waals surface area contributed by atoms with E-state index < -0.39 is 29.6 Å². The number of para-hydroxylation sites is 1. The SMILES string of the molecule is Cc1cc(C(F)(F)F)cc(N2C(=O)CC[C@H]2C(=O)N(C)c2cccc(Cl)c2N(C)Cc2ccc(N)c(C#N)c2)n1. The summed E-state index contributed by atoms with van der Waals surface area (Å²) >= 11 is 6.57. The van der Waals surface area contributed by atoms with Crippen molar-refractivity contribution in [2.75, 3.05) is 34.5 Å². The molecule has 0 aliphatic carbocycles. The molecule has 2 amide bonds. The number of rotatable bonds is 6. The van der Waals surface area contributed by atoms with E-state index in [1.54, 1.807) is 43.4 Å². The van der Waals surface area contributed by atoms with Crippen LogP contribution >= 0.6 is 11.6 Å². The molecule has 0 spiro atoms. The van der Waals surface area contributed by atoms with Gasteiger partial charge in [-0.2, -0.15) is 18.4 Å². The number of hydrogen-bond donors (Lipinski definition) is 1. The number of nitriles is 1. The van der Waals surface area contributed by atoms with Gasteiger partial charge in [0.25, 0.3) is 0 Å². The molecule has 2 N–H and O–H groups in total. The molecule has 0 saturated carbocycles. The van der Waals surface area contributed by atoms with E-state index in [4.69, 9.17) is 17.3 Å². The number of nitrogens with two attached hydrogens (primary N) is 1. The Morgan fingerprint density at radius 1 is 1.23 bits per heavy atom. The highest BCUT2D eigenvalue weighted by molar-refractivity contribution is 6.34. The second kappa shape index (κ2) is 11.1. The predicted molar refractivity (Wildman–Crippen MR) is 147 cm³/mol. The van der Waals surface area contributed by atoms with Crippen molar-refractivity contribution < 1.29 is 22.8 Å². The highest BCUT2D eigenvalue weighted by Gasteiger charge is 2.41. The summed E-state index contributed by atoms with van der Waals surface area (Å²) in [5.74, 6) is -1.21. The van der Waals surface area contributed by atoms with Crippen molar-refractivity contribution in [1.82, 2.24) is 4.98 Å². The maximum absolute atomic E-state index is 13.8. The molecule has 1 aromatic heterocycles. The fraction of sp³-hybridized carbons (Fsp3) is 0.286. The van der Waals surface area contributed by atoms with Crippen LogP contribution in [0.2, 0.25) is 5.02 Å². The second-order valence-corrected chi connectivity index (χ2v) is 9.97. The van der Waals surface area contributed by atoms with Crippen LogP contribution in [0.5, 0.6) is 0 Å². The van der Waals surface area contributed by atoms with Gasteiger partial charge in [-0.25, -0.2) is 4.98 Å². The summed E-state index contributed by atoms with van der Waals surface area (Å²) in [6.45, 7) is 1.73. The average molecular weight is 571 g/mol. The quantitative estimate of drug-likeness (QED) is 0.403. The summed E-state index contributed by atoms with van der Waals surface area (Å²) in [5.41, 5.74) is 7.39. The number of amides is 2. The number of pyridine rings is 1. The Morgan fingerprint density at radius 3 is 2.62 bits per heavy atom. The molecular weight excluding hydrogens is 545 g/mol. The molecule has 3 aromatic rings. The lowest BCUT2D eigenvalue weighted by Gasteiger charge is -2.31. The van der Waals surface area contributed by atoms with Crippen LogP contribution in [-0.2, 0) is 22.3 Å². The summed E-state index contributed by atoms with van der Waals surface area (Å²) in [4.78, 5) is 34.9. The number of alkyl halides is 3. The molecule has 2 aromatic carbocycles. The fourth-order valence-electron chi connectivity index (χ4n) is 4.79. The molecule has 8 nitrogen and oxygen atoms in total. The van der Waals surface area contributed by atoms with Gasteiger partial charge in [0.15, 0.2) is 0 Å². The highest BCUT2D eigenvalue weighted by Crippen LogP contribution is 2.38. The minimum Gasteiger partial charge on any atom is -0.398 e. The predicted octanol–water partition coefficient (Wildman–Crippen LogP) is 5.31. The van der Waals surface area contributed by atoms with Crippen molar-refractivity contribution in [2.45, 2.75) is 38.5 Å². The Kier molecular flexibility index (Phi) is 7.93. The van der Waals surface area contributed by atoms with Crippen LogP contribution in [0.25, 0.3) is 0 Å². The number of halogens is 4. The second-order valence-electron chi connectivity index (χ2n) is 9.57. The molecule has 1 atom stereocenters. The largest absolute Gasteiger partial charge is 0.416 e. The van der Waals surface area contributed by atoms with Gasteiger partial charge in [0.2, 0.25) is 11.8 Å². The summed E-state index contributed by atoms with van der Waals surface area (Å²) in [6.07, 6.45) is -4.53. The number of nitrogens with zero attached hydrogens (tertiary/aromatic N) is 5. The van der Waals surface area contributed by atoms with Gasteiger partial charge in [-0.05, 0) is 55.3 Å². The standard InChI is InChI=1S/C28H26ClF3N6O2/c1-16-11-19(28(30,31)32)13-24(35-16)38-23(9-10-25(38)39)27(40)37(3)22-6-4-5-20(29)26(22)36(2)15-17-7-8-21(34)18(12-17)14-33/h4-8,11-13,23H,9-10,15,34H2,1-3H3/t23-/m0/s1. The molecule has 0 unspecified atom stereocenters. The summed E-state index contributed by atoms with van der Waals surface area (Å²) in [5, 5.41) is 9.67. The van der Waals surface area contributed by atoms with Crippen LogP contribution in [0.3, 0.4) is 0 Å². The fourth-order valence-corrected chi connectivity index (χ4v) is 5.10. The first-order chi connectivity index (χ1) is 18.8. The van der Waals surface area contributed by atoms with Crippen LogP contribution in [0.4, 0.5) is 36.1 Å². The van der Waals surface area contributed by atoms with Crippen molar-refractivity contribution in [3.05, 3.63) is 75.9 Å². The minimum absolute atomic E-state index is 0.0120. The number of aryl methyl sites for hydroxylation is 1. The number of likely N-dealkylation sites (N-methyl/N-ethyl adjacent to an activating group) is 1. The summed E-state index contributed by atoms with van der Waals surface area (Å²) in [6, 6.07) is 12.8. The molecular formula is C28H26ClF3N6O2. The molecule has 0 bridgehead atoms. The number of hydrogen-bond acceptors (Lipinski definition) is 6. The Bertz CT molecular complexity index is 1520. The zero-order valence-corrected chi connectivity index (χ0v) is 22.7. The van der Waals surface area contributed by atoms with Crippen LogP contribution < -0.4 is 20.4 Å². The first-order valence-corrected chi connectivity index (χ1v) is 12.6. The van der Waals surface area contributed by atoms with Gasteiger partial charge in [0, 0.05) is 38.4 Å². The van der Waals surface area contributed by atoms with Crippen LogP contribution in [-0.4, -0.2) is 36.9 Å². The van der Waals surface area contributed by atoms with Crippen molar-refractivity contribution in [1.29, 1.82) is 5.26 Å². The summed E-state index contributed by atoms with van der Waals surface area (Å²) in [7, 11) is 3.29. The van der Waals surface area contributed by atoms with Gasteiger partial charge in [0.05, 0.1) is 27.5 Å². The monoisotopic (exact) mass is 570 g/mol. The Labute approximate surface area is 234 Å². The molecule has 1 saturated heterocycles. The third kappa shape index (κ3) is 5.67.